The Morgan fingerprint density at radius 2 is 1.93 bits per heavy atom. The highest BCUT2D eigenvalue weighted by Crippen LogP contribution is 2.33. The van der Waals surface area contributed by atoms with Crippen LogP contribution < -0.4 is 19.7 Å². The van der Waals surface area contributed by atoms with Crippen LogP contribution in [-0.4, -0.2) is 48.1 Å². The number of aromatic nitrogens is 2. The third-order valence-electron chi connectivity index (χ3n) is 4.79. The molecule has 0 radical (unpaired) electrons. The number of piperidine rings is 1. The summed E-state index contributed by atoms with van der Waals surface area (Å²) in [6.45, 7) is 3.09. The number of ether oxygens (including phenoxy) is 2. The van der Waals surface area contributed by atoms with Crippen molar-refractivity contribution in [3.05, 3.63) is 34.0 Å². The Kier molecular flexibility index (Phi) is 5.38. The van der Waals surface area contributed by atoms with Crippen molar-refractivity contribution in [1.82, 2.24) is 9.78 Å². The molecular weight excluding hydrogens is 350 g/mol. The SMILES string of the molecule is COc1cc(NC2CCCN(c3c([N+](=O)[O-])c(C)nn3C)C2)cc(OC)c1. The molecule has 9 nitrogen and oxygen atoms in total. The molecule has 1 fully saturated rings. The van der Waals surface area contributed by atoms with Crippen molar-refractivity contribution in [3.63, 3.8) is 0 Å². The molecule has 9 heteroatoms. The van der Waals surface area contributed by atoms with Crippen molar-refractivity contribution in [2.45, 2.75) is 25.8 Å². The molecule has 1 unspecified atom stereocenters. The number of rotatable bonds is 6. The van der Waals surface area contributed by atoms with Crippen LogP contribution in [0, 0.1) is 17.0 Å². The topological polar surface area (TPSA) is 94.7 Å². The van der Waals surface area contributed by atoms with E-state index in [2.05, 4.69) is 10.4 Å². The number of nitro groups is 1. The lowest BCUT2D eigenvalue weighted by atomic mass is 10.0. The number of benzene rings is 1. The zero-order chi connectivity index (χ0) is 19.6. The first-order valence-electron chi connectivity index (χ1n) is 8.85. The molecular formula is C18H25N5O4. The second-order valence-corrected chi connectivity index (χ2v) is 6.67. The van der Waals surface area contributed by atoms with Gasteiger partial charge in [0.15, 0.2) is 0 Å². The van der Waals surface area contributed by atoms with Crippen molar-refractivity contribution < 1.29 is 14.4 Å². The molecule has 1 atom stereocenters. The Morgan fingerprint density at radius 1 is 1.26 bits per heavy atom. The Bertz CT molecular complexity index is 813. The van der Waals surface area contributed by atoms with Gasteiger partial charge in [0.1, 0.15) is 17.2 Å². The maximum atomic E-state index is 11.5. The van der Waals surface area contributed by atoms with Gasteiger partial charge in [0.25, 0.3) is 0 Å². The van der Waals surface area contributed by atoms with Crippen molar-refractivity contribution in [3.8, 4) is 11.5 Å². The summed E-state index contributed by atoms with van der Waals surface area (Å²) >= 11 is 0. The fraction of sp³-hybridized carbons (Fsp3) is 0.500. The Morgan fingerprint density at radius 3 is 2.52 bits per heavy atom. The molecule has 1 saturated heterocycles. The summed E-state index contributed by atoms with van der Waals surface area (Å²) in [5.74, 6) is 1.98. The van der Waals surface area contributed by atoms with Crippen LogP contribution in [-0.2, 0) is 7.05 Å². The monoisotopic (exact) mass is 375 g/mol. The number of methoxy groups -OCH3 is 2. The van der Waals surface area contributed by atoms with E-state index < -0.39 is 0 Å². The van der Waals surface area contributed by atoms with E-state index in [4.69, 9.17) is 9.47 Å². The number of hydrogen-bond acceptors (Lipinski definition) is 7. The average molecular weight is 375 g/mol. The van der Waals surface area contributed by atoms with Crippen molar-refractivity contribution in [2.24, 2.45) is 7.05 Å². The minimum Gasteiger partial charge on any atom is -0.497 e. The van der Waals surface area contributed by atoms with E-state index in [1.807, 2.05) is 23.1 Å². The molecule has 3 rings (SSSR count). The van der Waals surface area contributed by atoms with Gasteiger partial charge in [-0.2, -0.15) is 5.10 Å². The third kappa shape index (κ3) is 3.91. The highest BCUT2D eigenvalue weighted by molar-refractivity contribution is 5.62. The molecule has 1 aromatic carbocycles. The summed E-state index contributed by atoms with van der Waals surface area (Å²) in [7, 11) is 4.98. The number of nitrogens with one attached hydrogen (secondary N) is 1. The second-order valence-electron chi connectivity index (χ2n) is 6.67. The van der Waals surface area contributed by atoms with Gasteiger partial charge in [0.05, 0.1) is 19.1 Å². The minimum absolute atomic E-state index is 0.0844. The Hall–Kier alpha value is -2.97. The summed E-state index contributed by atoms with van der Waals surface area (Å²) in [6, 6.07) is 5.79. The Balaban J connectivity index is 1.81. The fourth-order valence-corrected chi connectivity index (χ4v) is 3.62. The summed E-state index contributed by atoms with van der Waals surface area (Å²) in [4.78, 5) is 13.2. The van der Waals surface area contributed by atoms with Crippen LogP contribution in [0.2, 0.25) is 0 Å². The maximum absolute atomic E-state index is 11.5. The molecule has 2 heterocycles. The molecule has 1 aliphatic rings. The Labute approximate surface area is 158 Å². The van der Waals surface area contributed by atoms with E-state index in [9.17, 15) is 10.1 Å². The van der Waals surface area contributed by atoms with Crippen molar-refractivity contribution in [1.29, 1.82) is 0 Å². The van der Waals surface area contributed by atoms with E-state index in [0.29, 0.717) is 29.6 Å². The van der Waals surface area contributed by atoms with Gasteiger partial charge in [-0.15, -0.1) is 0 Å². The lowest BCUT2D eigenvalue weighted by Gasteiger charge is -2.34. The van der Waals surface area contributed by atoms with Gasteiger partial charge in [-0.25, -0.2) is 4.68 Å². The van der Waals surface area contributed by atoms with Crippen LogP contribution in [0.1, 0.15) is 18.5 Å². The van der Waals surface area contributed by atoms with Crippen LogP contribution in [0.4, 0.5) is 17.2 Å². The summed E-state index contributed by atoms with van der Waals surface area (Å²) in [5.41, 5.74) is 1.42. The first-order valence-corrected chi connectivity index (χ1v) is 8.85. The standard InChI is InChI=1S/C18H25N5O4/c1-12-17(23(24)25)18(21(2)20-12)22-7-5-6-13(11-22)19-14-8-15(26-3)10-16(9-14)27-4/h8-10,13,19H,5-7,11H2,1-4H3. The van der Waals surface area contributed by atoms with Crippen molar-refractivity contribution in [2.75, 3.05) is 37.5 Å². The van der Waals surface area contributed by atoms with Crippen LogP contribution >= 0.6 is 0 Å². The molecule has 0 amide bonds. The van der Waals surface area contributed by atoms with Crippen LogP contribution in [0.5, 0.6) is 11.5 Å². The highest BCUT2D eigenvalue weighted by atomic mass is 16.6. The molecule has 27 heavy (non-hydrogen) atoms. The van der Waals surface area contributed by atoms with Gasteiger partial charge >= 0.3 is 5.69 Å². The minimum atomic E-state index is -0.346. The van der Waals surface area contributed by atoms with Gasteiger partial charge in [0.2, 0.25) is 5.82 Å². The van der Waals surface area contributed by atoms with Gasteiger partial charge in [-0.05, 0) is 19.8 Å². The molecule has 1 N–H and O–H groups in total. The predicted octanol–water partition coefficient (Wildman–Crippen LogP) is 2.73. The predicted molar refractivity (Wildman–Crippen MR) is 103 cm³/mol. The van der Waals surface area contributed by atoms with E-state index >= 15 is 0 Å². The average Bonchev–Trinajstić information content (AvgIpc) is 2.95. The van der Waals surface area contributed by atoms with Crippen LogP contribution in [0.3, 0.4) is 0 Å². The summed E-state index contributed by atoms with van der Waals surface area (Å²) in [5, 5.41) is 19.2. The summed E-state index contributed by atoms with van der Waals surface area (Å²) in [6.07, 6.45) is 1.90. The van der Waals surface area contributed by atoms with Crippen LogP contribution in [0.25, 0.3) is 0 Å². The van der Waals surface area contributed by atoms with Gasteiger partial charge in [-0.1, -0.05) is 0 Å². The molecule has 1 aliphatic heterocycles. The second kappa shape index (κ2) is 7.73. The van der Waals surface area contributed by atoms with E-state index in [0.717, 1.165) is 25.1 Å². The summed E-state index contributed by atoms with van der Waals surface area (Å²) < 4.78 is 12.2. The molecule has 1 aromatic heterocycles. The molecule has 0 aliphatic carbocycles. The van der Waals surface area contributed by atoms with Crippen molar-refractivity contribution >= 4 is 17.2 Å². The molecule has 146 valence electrons. The van der Waals surface area contributed by atoms with E-state index in [1.165, 1.54) is 0 Å². The fourth-order valence-electron chi connectivity index (χ4n) is 3.62. The largest absolute Gasteiger partial charge is 0.497 e. The first kappa shape index (κ1) is 18.8. The zero-order valence-electron chi connectivity index (χ0n) is 16.1. The number of hydrogen-bond donors (Lipinski definition) is 1. The maximum Gasteiger partial charge on any atom is 0.333 e. The quantitative estimate of drug-likeness (QED) is 0.613. The van der Waals surface area contributed by atoms with Gasteiger partial charge in [-0.3, -0.25) is 10.1 Å². The molecule has 0 bridgehead atoms. The van der Waals surface area contributed by atoms with E-state index in [-0.39, 0.29) is 16.7 Å². The smallest absolute Gasteiger partial charge is 0.333 e. The lowest BCUT2D eigenvalue weighted by molar-refractivity contribution is -0.384. The van der Waals surface area contributed by atoms with Gasteiger partial charge < -0.3 is 19.7 Å². The zero-order valence-corrected chi connectivity index (χ0v) is 16.1. The van der Waals surface area contributed by atoms with E-state index in [1.54, 1.807) is 32.9 Å². The number of anilines is 2. The third-order valence-corrected chi connectivity index (χ3v) is 4.79. The first-order chi connectivity index (χ1) is 12.9. The van der Waals surface area contributed by atoms with Crippen LogP contribution in [0.15, 0.2) is 18.2 Å². The van der Waals surface area contributed by atoms with Gasteiger partial charge in [0, 0.05) is 50.1 Å². The normalized spacial score (nSPS) is 16.9. The molecule has 2 aromatic rings. The number of aryl methyl sites for hydroxylation is 2. The molecule has 0 spiro atoms. The molecule has 0 saturated carbocycles. The highest BCUT2D eigenvalue weighted by Gasteiger charge is 2.31. The lowest BCUT2D eigenvalue weighted by Crippen LogP contribution is -2.43. The number of nitrogens with zero attached hydrogens (tertiary/aromatic N) is 4.